The number of aryl methyl sites for hydroxylation is 5. The van der Waals surface area contributed by atoms with Gasteiger partial charge in [0.05, 0.1) is 67.8 Å². The first kappa shape index (κ1) is 93.8. The van der Waals surface area contributed by atoms with Crippen molar-refractivity contribution in [3.63, 3.8) is 0 Å². The molecule has 660 valence electrons. The Morgan fingerprint density at radius 3 is 1.20 bits per heavy atom. The van der Waals surface area contributed by atoms with E-state index in [0.717, 1.165) is 81.1 Å². The summed E-state index contributed by atoms with van der Waals surface area (Å²) in [6, 6.07) is 25.5. The number of carbonyl (C=O) groups is 4. The molecule has 0 bridgehead atoms. The number of rotatable bonds is 23. The van der Waals surface area contributed by atoms with Crippen molar-refractivity contribution in [3.8, 4) is 62.7 Å². The minimum atomic E-state index is -4.49. The number of hydrogen-bond acceptors (Lipinski definition) is 24. The first-order chi connectivity index (χ1) is 60.0. The number of nitrogens with zero attached hydrogens (tertiary/aromatic N) is 21. The number of anilines is 2. The van der Waals surface area contributed by atoms with E-state index in [-0.39, 0.29) is 76.6 Å². The predicted molar refractivity (Wildman–Crippen MR) is 434 cm³/mol. The van der Waals surface area contributed by atoms with Crippen LogP contribution in [0.25, 0.3) is 94.0 Å². The van der Waals surface area contributed by atoms with Gasteiger partial charge >= 0.3 is 30.7 Å². The number of aromatic nitrogens is 20. The summed E-state index contributed by atoms with van der Waals surface area (Å²) in [5.74, 6) is -1.22. The van der Waals surface area contributed by atoms with Crippen LogP contribution >= 0.6 is 0 Å². The molecule has 0 aliphatic carbocycles. The van der Waals surface area contributed by atoms with Gasteiger partial charge < -0.3 is 29.4 Å². The average molecular weight is 1770 g/mol. The van der Waals surface area contributed by atoms with Crippen LogP contribution in [0.4, 0.5) is 73.1 Å². The Morgan fingerprint density at radius 1 is 0.465 bits per heavy atom. The first-order valence-corrected chi connectivity index (χ1v) is 37.3. The van der Waals surface area contributed by atoms with Crippen LogP contribution in [-0.2, 0) is 48.6 Å². The minimum Gasteiger partial charge on any atom is -0.497 e. The van der Waals surface area contributed by atoms with Gasteiger partial charge in [-0.25, -0.2) is 71.9 Å². The fraction of sp³-hybridized carbons (Fsp3) is 0.217. The molecule has 14 rings (SSSR count). The molecule has 0 saturated carbocycles. The van der Waals surface area contributed by atoms with Gasteiger partial charge in [0.1, 0.15) is 49.0 Å². The molecule has 0 radical (unpaired) electrons. The second kappa shape index (κ2) is 41.6. The van der Waals surface area contributed by atoms with Crippen LogP contribution in [0.3, 0.4) is 0 Å². The lowest BCUT2D eigenvalue weighted by Gasteiger charge is -2.37. The third-order valence-electron chi connectivity index (χ3n) is 16.7. The Bertz CT molecular complexity index is 5920. The molecule has 2 N–H and O–H groups in total. The molecule has 13 aromatic rings. The number of esters is 1. The van der Waals surface area contributed by atoms with E-state index in [2.05, 4.69) is 86.2 Å². The van der Waals surface area contributed by atoms with Crippen molar-refractivity contribution in [2.45, 2.75) is 85.2 Å². The molecule has 30 nitrogen and oxygen atoms in total. The molecule has 5 aromatic carbocycles. The van der Waals surface area contributed by atoms with Crippen LogP contribution in [0.15, 0.2) is 201 Å². The topological polar surface area (TPSA) is 345 Å². The van der Waals surface area contributed by atoms with Crippen molar-refractivity contribution < 1.29 is 94.5 Å². The van der Waals surface area contributed by atoms with E-state index in [9.17, 15) is 80.6 Å². The van der Waals surface area contributed by atoms with Gasteiger partial charge in [-0.2, -0.15) is 52.7 Å². The summed E-state index contributed by atoms with van der Waals surface area (Å²) in [6.45, 7) is 10.6. The molecule has 0 unspecified atom stereocenters. The number of pyridine rings is 1. The zero-order valence-electron chi connectivity index (χ0n) is 67.9. The van der Waals surface area contributed by atoms with Crippen molar-refractivity contribution in [3.05, 3.63) is 252 Å². The van der Waals surface area contributed by atoms with Crippen molar-refractivity contribution in [1.29, 1.82) is 0 Å². The number of alkyl halides is 14. The molecule has 8 aromatic heterocycles. The summed E-state index contributed by atoms with van der Waals surface area (Å²) in [4.78, 5) is 80.0. The fourth-order valence-corrected chi connectivity index (χ4v) is 11.1. The third-order valence-corrected chi connectivity index (χ3v) is 16.7. The zero-order valence-corrected chi connectivity index (χ0v) is 67.9. The van der Waals surface area contributed by atoms with E-state index in [1.807, 2.05) is 25.1 Å². The highest BCUT2D eigenvalue weighted by molar-refractivity contribution is 5.96. The monoisotopic (exact) mass is 1770 g/mol. The second-order valence-electron chi connectivity index (χ2n) is 27.7. The Labute approximate surface area is 711 Å². The summed E-state index contributed by atoms with van der Waals surface area (Å²) < 4.78 is 202. The molecule has 1 aliphatic heterocycles. The van der Waals surface area contributed by atoms with Gasteiger partial charge in [-0.1, -0.05) is 6.07 Å². The number of likely N-dealkylation sites (tertiary alicyclic amines) is 1. The highest BCUT2D eigenvalue weighted by Crippen LogP contribution is 2.37. The Kier molecular flexibility index (Phi) is 30.8. The van der Waals surface area contributed by atoms with E-state index in [1.54, 1.807) is 84.3 Å². The van der Waals surface area contributed by atoms with Gasteiger partial charge in [0.15, 0.2) is 40.7 Å². The molecule has 1 fully saturated rings. The second-order valence-corrected chi connectivity index (χ2v) is 27.7. The van der Waals surface area contributed by atoms with Crippen LogP contribution in [0.5, 0.6) is 5.75 Å². The Balaban J connectivity index is 0.000000166. The van der Waals surface area contributed by atoms with Gasteiger partial charge in [0, 0.05) is 108 Å². The van der Waals surface area contributed by atoms with E-state index in [0.29, 0.717) is 45.3 Å². The van der Waals surface area contributed by atoms with Crippen LogP contribution in [0.2, 0.25) is 0 Å². The number of halogens is 14. The number of hydrogen-bond donors (Lipinski definition) is 2. The number of benzene rings is 5. The lowest BCUT2D eigenvalue weighted by molar-refractivity contribution is -0.160. The number of nitrogens with one attached hydrogen (secondary N) is 2. The number of ketones is 2. The molecular weight excluding hydrogens is 1700 g/mol. The van der Waals surface area contributed by atoms with Crippen LogP contribution in [0.1, 0.15) is 69.8 Å². The average Bonchev–Trinajstić information content (AvgIpc) is 1.64. The van der Waals surface area contributed by atoms with Gasteiger partial charge in [0.25, 0.3) is 5.92 Å². The molecule has 127 heavy (non-hydrogen) atoms. The van der Waals surface area contributed by atoms with Crippen molar-refractivity contribution in [2.75, 3.05) is 43.9 Å². The highest BCUT2D eigenvalue weighted by atomic mass is 19.4. The van der Waals surface area contributed by atoms with E-state index >= 15 is 0 Å². The first-order valence-electron chi connectivity index (χ1n) is 37.3. The third kappa shape index (κ3) is 29.1. The maximum atomic E-state index is 13.0. The number of methoxy groups -OCH3 is 1. The van der Waals surface area contributed by atoms with Gasteiger partial charge in [-0.3, -0.25) is 19.4 Å². The highest BCUT2D eigenvalue weighted by Gasteiger charge is 2.46. The fourth-order valence-electron chi connectivity index (χ4n) is 11.1. The quantitative estimate of drug-likeness (QED) is 0.0341. The smallest absolute Gasteiger partial charge is 0.416 e. The lowest BCUT2D eigenvalue weighted by Crippen LogP contribution is -2.58. The molecule has 44 heteroatoms. The maximum Gasteiger partial charge on any atom is 0.416 e. The SMILES string of the molecule is COc1cc(C)cc(-c2ncn(/C=C\C(=O)OC(C)C)n2)c1.Cc1cc(-c2ncn(/C=C\C(=O)CNc3ccccn3)n2)cc(C(F)(F)F)c1.Cc1cc(-c2ncn(/C=C\C(=O)CNc3cnccn3)n2)cc(C(F)(F)F)c1.Cc1cc(-c2ncn(/C=C\C(=O)N3CC(F)(F)C3)n2)cc(C(F)(F)F)c1.Cc1cc(-c2ncn(/C=C\c3nnco3)n2)cc(C(F)(F)F)c1. The van der Waals surface area contributed by atoms with E-state index in [1.165, 1.54) is 144 Å². The normalized spacial score (nSPS) is 12.7. The zero-order chi connectivity index (χ0) is 92.0. The van der Waals surface area contributed by atoms with Crippen LogP contribution in [-0.4, -0.2) is 173 Å². The molecule has 0 spiro atoms. The van der Waals surface area contributed by atoms with Crippen molar-refractivity contribution in [2.24, 2.45) is 0 Å². The van der Waals surface area contributed by atoms with Gasteiger partial charge in [0.2, 0.25) is 18.2 Å². The predicted octanol–water partition coefficient (Wildman–Crippen LogP) is 16.2. The molecule has 1 aliphatic rings. The molecule has 1 amide bonds. The molecular formula is C83H73F14N23O7. The summed E-state index contributed by atoms with van der Waals surface area (Å²) in [6.07, 6.45) is 9.48. The summed E-state index contributed by atoms with van der Waals surface area (Å²) in [5, 5.41) is 33.4. The Hall–Kier alpha value is -15.4. The molecule has 0 atom stereocenters. The Morgan fingerprint density at radius 2 is 0.843 bits per heavy atom. The molecule has 1 saturated heterocycles. The minimum absolute atomic E-state index is 0.00354. The van der Waals surface area contributed by atoms with Crippen molar-refractivity contribution >= 4 is 72.2 Å². The lowest BCUT2D eigenvalue weighted by atomic mass is 10.1. The number of ether oxygens (including phenoxy) is 2. The van der Waals surface area contributed by atoms with Crippen molar-refractivity contribution in [1.82, 2.24) is 104 Å². The van der Waals surface area contributed by atoms with E-state index in [4.69, 9.17) is 13.9 Å². The van der Waals surface area contributed by atoms with Crippen LogP contribution in [0, 0.1) is 34.6 Å². The molecule has 9 heterocycles. The van der Waals surface area contributed by atoms with Crippen LogP contribution < -0.4 is 15.4 Å². The summed E-state index contributed by atoms with van der Waals surface area (Å²) >= 11 is 0. The van der Waals surface area contributed by atoms with Gasteiger partial charge in [-0.05, 0) is 179 Å². The standard InChI is InChI=1S/C19H16F3N5O.C18H15F3N6O.C16H13F5N4O.C16H19N3O3.C14H10F3N5O/c1-13-8-14(10-15(9-13)19(20,21)22)18-25-12-27(26-18)7-5-16(28)11-24-17-4-2-3-6-23-17;1-12-6-13(8-14(7-12)18(19,20)21)17-25-11-27(26-17)5-2-15(28)9-24-16-10-22-3-4-23-16;1-10-4-11(6-12(5-10)16(19,20)21)14-22-9-25(23-14)3-2-13(26)24-7-15(17,18)8-24;1-11(2)22-15(20)5-6-19-10-17-16(18-19)13-7-12(3)8-14(9-13)21-4;1-9-4-10(6-11(5-9)14(15,16)17)13-18-7-22(21-13)3-2-12-20-19-8-23-12/h2-10,12H,11H2,1H3,(H,23,24);2-8,10-11H,9H2,1H3,(H,23,24);2-6,9H,7-8H2,1H3;5-11H,1-4H3;2-8H,1H3/b7-5-;5-2-;3-2-;6-5-;3-2-. The van der Waals surface area contributed by atoms with Gasteiger partial charge in [-0.15, -0.1) is 35.7 Å². The summed E-state index contributed by atoms with van der Waals surface area (Å²) in [5.41, 5.74) is 1.59. The number of amides is 1. The number of carbonyl (C=O) groups excluding carboxylic acids is 4. The maximum absolute atomic E-state index is 13.0. The largest absolute Gasteiger partial charge is 0.497 e. The summed E-state index contributed by atoms with van der Waals surface area (Å²) in [7, 11) is 1.62. The van der Waals surface area contributed by atoms with E-state index < -0.39 is 77.8 Å².